The molecule has 0 aliphatic rings. The van der Waals surface area contributed by atoms with Gasteiger partial charge in [0.2, 0.25) is 0 Å². The zero-order chi connectivity index (χ0) is 18.5. The Labute approximate surface area is 159 Å². The van der Waals surface area contributed by atoms with Crippen molar-refractivity contribution in [3.63, 3.8) is 0 Å². The molecule has 4 nitrogen and oxygen atoms in total. The summed E-state index contributed by atoms with van der Waals surface area (Å²) in [6.45, 7) is 2.35. The molecule has 2 N–H and O–H groups in total. The van der Waals surface area contributed by atoms with Gasteiger partial charge in [0.05, 0.1) is 12.6 Å². The Morgan fingerprint density at radius 3 is 2.07 bits per heavy atom. The second kappa shape index (κ2) is 8.25. The Bertz CT molecular complexity index is 957. The topological polar surface area (TPSA) is 46.4 Å². The molecule has 1 heterocycles. The van der Waals surface area contributed by atoms with Crippen LogP contribution >= 0.6 is 0 Å². The molecule has 3 aromatic carbocycles. The summed E-state index contributed by atoms with van der Waals surface area (Å²) in [4.78, 5) is 0. The zero-order valence-electron chi connectivity index (χ0n) is 15.2. The second-order valence-electron chi connectivity index (χ2n) is 6.66. The lowest BCUT2D eigenvalue weighted by Crippen LogP contribution is -2.32. The van der Waals surface area contributed by atoms with Gasteiger partial charge in [0.15, 0.2) is 0 Å². The molecule has 0 bridgehead atoms. The number of hydrogen-bond acceptors (Lipinski definition) is 3. The lowest BCUT2D eigenvalue weighted by molar-refractivity contribution is 0.152. The molecule has 0 amide bonds. The second-order valence-corrected chi connectivity index (χ2v) is 6.66. The lowest BCUT2D eigenvalue weighted by Gasteiger charge is -2.15. The van der Waals surface area contributed by atoms with Crippen LogP contribution in [-0.2, 0) is 6.54 Å². The van der Waals surface area contributed by atoms with Gasteiger partial charge in [-0.1, -0.05) is 54.6 Å². The first-order chi connectivity index (χ1) is 13.3. The number of ether oxygens (including phenoxy) is 1. The van der Waals surface area contributed by atoms with E-state index in [0.29, 0.717) is 26.2 Å². The standard InChI is InChI=1S/C23H24N2O2/c26-18(16-24-14-15-27-19-8-2-1-3-9-19)17-25-22-12-6-4-10-20(22)21-11-5-7-13-23(21)25/h1-13,18,24,26H,14-17H2/t18-/m1/s1. The van der Waals surface area contributed by atoms with Crippen molar-refractivity contribution in [2.75, 3.05) is 19.7 Å². The maximum absolute atomic E-state index is 10.5. The van der Waals surface area contributed by atoms with E-state index in [1.54, 1.807) is 0 Å². The molecular weight excluding hydrogens is 336 g/mol. The van der Waals surface area contributed by atoms with E-state index in [1.165, 1.54) is 10.8 Å². The van der Waals surface area contributed by atoms with Gasteiger partial charge >= 0.3 is 0 Å². The molecule has 27 heavy (non-hydrogen) atoms. The summed E-state index contributed by atoms with van der Waals surface area (Å²) in [5, 5.41) is 16.3. The smallest absolute Gasteiger partial charge is 0.119 e. The van der Waals surface area contributed by atoms with Gasteiger partial charge in [0.1, 0.15) is 12.4 Å². The molecule has 0 saturated carbocycles. The molecule has 0 spiro atoms. The van der Waals surface area contributed by atoms with Crippen LogP contribution in [0.25, 0.3) is 21.8 Å². The number of rotatable bonds is 8. The Morgan fingerprint density at radius 1 is 0.815 bits per heavy atom. The van der Waals surface area contributed by atoms with Crippen LogP contribution in [0.5, 0.6) is 5.75 Å². The molecule has 0 fully saturated rings. The van der Waals surface area contributed by atoms with E-state index >= 15 is 0 Å². The van der Waals surface area contributed by atoms with Crippen molar-refractivity contribution in [2.24, 2.45) is 0 Å². The molecule has 4 aromatic rings. The number of hydrogen-bond donors (Lipinski definition) is 2. The van der Waals surface area contributed by atoms with Crippen LogP contribution in [0, 0.1) is 0 Å². The van der Waals surface area contributed by atoms with Gasteiger partial charge in [0.25, 0.3) is 0 Å². The average Bonchev–Trinajstić information content (AvgIpc) is 3.03. The molecule has 1 aromatic heterocycles. The van der Waals surface area contributed by atoms with Crippen molar-refractivity contribution < 1.29 is 9.84 Å². The highest BCUT2D eigenvalue weighted by molar-refractivity contribution is 6.07. The quantitative estimate of drug-likeness (QED) is 0.470. The first-order valence-electron chi connectivity index (χ1n) is 9.35. The number of nitrogens with zero attached hydrogens (tertiary/aromatic N) is 1. The summed E-state index contributed by atoms with van der Waals surface area (Å²) in [5.41, 5.74) is 2.32. The van der Waals surface area contributed by atoms with Gasteiger partial charge < -0.3 is 19.7 Å². The third-order valence-electron chi connectivity index (χ3n) is 4.74. The summed E-state index contributed by atoms with van der Waals surface area (Å²) < 4.78 is 7.87. The predicted octanol–water partition coefficient (Wildman–Crippen LogP) is 3.82. The molecule has 0 aliphatic carbocycles. The minimum atomic E-state index is -0.471. The first-order valence-corrected chi connectivity index (χ1v) is 9.35. The molecule has 0 saturated heterocycles. The van der Waals surface area contributed by atoms with Gasteiger partial charge in [0, 0.05) is 34.9 Å². The number of para-hydroxylation sites is 3. The largest absolute Gasteiger partial charge is 0.492 e. The Kier molecular flexibility index (Phi) is 5.37. The van der Waals surface area contributed by atoms with Gasteiger partial charge in [-0.3, -0.25) is 0 Å². The number of aliphatic hydroxyl groups excluding tert-OH is 1. The van der Waals surface area contributed by atoms with E-state index in [9.17, 15) is 5.11 Å². The summed E-state index contributed by atoms with van der Waals surface area (Å²) in [5.74, 6) is 0.866. The third-order valence-corrected chi connectivity index (χ3v) is 4.74. The fourth-order valence-corrected chi connectivity index (χ4v) is 3.50. The van der Waals surface area contributed by atoms with E-state index in [4.69, 9.17) is 4.74 Å². The van der Waals surface area contributed by atoms with Crippen molar-refractivity contribution in [1.29, 1.82) is 0 Å². The molecule has 1 atom stereocenters. The Morgan fingerprint density at radius 2 is 1.41 bits per heavy atom. The Hall–Kier alpha value is -2.82. The maximum atomic E-state index is 10.5. The van der Waals surface area contributed by atoms with Crippen molar-refractivity contribution in [2.45, 2.75) is 12.6 Å². The van der Waals surface area contributed by atoms with Crippen LogP contribution in [0.15, 0.2) is 78.9 Å². The van der Waals surface area contributed by atoms with E-state index in [0.717, 1.165) is 16.8 Å². The van der Waals surface area contributed by atoms with Crippen LogP contribution in [0.2, 0.25) is 0 Å². The minimum absolute atomic E-state index is 0.471. The molecule has 138 valence electrons. The van der Waals surface area contributed by atoms with E-state index in [1.807, 2.05) is 42.5 Å². The van der Waals surface area contributed by atoms with Crippen LogP contribution < -0.4 is 10.1 Å². The SMILES string of the molecule is O[C@H](CNCCOc1ccccc1)Cn1c2ccccc2c2ccccc21. The maximum Gasteiger partial charge on any atom is 0.119 e. The summed E-state index contributed by atoms with van der Waals surface area (Å²) in [7, 11) is 0. The van der Waals surface area contributed by atoms with Crippen molar-refractivity contribution in [1.82, 2.24) is 9.88 Å². The number of aromatic nitrogens is 1. The van der Waals surface area contributed by atoms with Crippen molar-refractivity contribution in [3.8, 4) is 5.75 Å². The number of benzene rings is 3. The summed E-state index contributed by atoms with van der Waals surface area (Å²) in [6.07, 6.45) is -0.471. The average molecular weight is 360 g/mol. The van der Waals surface area contributed by atoms with Crippen molar-refractivity contribution in [3.05, 3.63) is 78.9 Å². The lowest BCUT2D eigenvalue weighted by atomic mass is 10.2. The minimum Gasteiger partial charge on any atom is -0.492 e. The van der Waals surface area contributed by atoms with Crippen LogP contribution in [-0.4, -0.2) is 35.5 Å². The van der Waals surface area contributed by atoms with Gasteiger partial charge in [-0.15, -0.1) is 0 Å². The Balaban J connectivity index is 1.36. The fourth-order valence-electron chi connectivity index (χ4n) is 3.50. The van der Waals surface area contributed by atoms with Gasteiger partial charge in [-0.2, -0.15) is 0 Å². The van der Waals surface area contributed by atoms with Gasteiger partial charge in [-0.25, -0.2) is 0 Å². The van der Waals surface area contributed by atoms with E-state index in [2.05, 4.69) is 46.3 Å². The third kappa shape index (κ3) is 3.97. The normalized spacial score (nSPS) is 12.5. The van der Waals surface area contributed by atoms with Crippen LogP contribution in [0.4, 0.5) is 0 Å². The molecule has 4 heteroatoms. The number of nitrogens with one attached hydrogen (secondary N) is 1. The highest BCUT2D eigenvalue weighted by Gasteiger charge is 2.12. The number of fused-ring (bicyclic) bond motifs is 3. The molecule has 0 unspecified atom stereocenters. The molecular formula is C23H24N2O2. The predicted molar refractivity (Wildman–Crippen MR) is 110 cm³/mol. The monoisotopic (exact) mass is 360 g/mol. The zero-order valence-corrected chi connectivity index (χ0v) is 15.2. The summed E-state index contributed by atoms with van der Waals surface area (Å²) >= 11 is 0. The van der Waals surface area contributed by atoms with Crippen LogP contribution in [0.1, 0.15) is 0 Å². The molecule has 4 rings (SSSR count). The van der Waals surface area contributed by atoms with Crippen LogP contribution in [0.3, 0.4) is 0 Å². The van der Waals surface area contributed by atoms with E-state index < -0.39 is 6.10 Å². The van der Waals surface area contributed by atoms with Crippen molar-refractivity contribution >= 4 is 21.8 Å². The van der Waals surface area contributed by atoms with Gasteiger partial charge in [-0.05, 0) is 24.3 Å². The highest BCUT2D eigenvalue weighted by Crippen LogP contribution is 2.28. The number of aliphatic hydroxyl groups is 1. The highest BCUT2D eigenvalue weighted by atomic mass is 16.5. The van der Waals surface area contributed by atoms with E-state index in [-0.39, 0.29) is 0 Å². The first kappa shape index (κ1) is 17.6. The summed E-state index contributed by atoms with van der Waals surface area (Å²) in [6, 6.07) is 26.5. The molecule has 0 radical (unpaired) electrons. The molecule has 0 aliphatic heterocycles. The fraction of sp³-hybridized carbons (Fsp3) is 0.217.